The summed E-state index contributed by atoms with van der Waals surface area (Å²) in [4.78, 5) is 29.7. The Morgan fingerprint density at radius 3 is 2.67 bits per heavy atom. The zero-order chi connectivity index (χ0) is 27.9. The molecule has 2 N–H and O–H groups in total. The van der Waals surface area contributed by atoms with Gasteiger partial charge in [0.15, 0.2) is 5.58 Å². The van der Waals surface area contributed by atoms with Crippen molar-refractivity contribution in [3.8, 4) is 0 Å². The molecule has 2 amide bonds. The number of carbonyl (C=O) groups excluding carboxylic acids is 2. The van der Waals surface area contributed by atoms with E-state index in [0.29, 0.717) is 28.8 Å². The molecule has 2 fully saturated rings. The minimum Gasteiger partial charge on any atom is -0.438 e. The molecule has 3 heterocycles. The number of aryl methyl sites for hydroxylation is 1. The van der Waals surface area contributed by atoms with Gasteiger partial charge in [-0.25, -0.2) is 13.8 Å². The number of nitrogens with one attached hydrogen (secondary N) is 2. The van der Waals surface area contributed by atoms with Crippen molar-refractivity contribution in [3.05, 3.63) is 47.2 Å². The molecule has 1 aromatic carbocycles. The number of halogens is 5. The number of nitrogens with zero attached hydrogens (tertiary/aromatic N) is 2. The minimum absolute atomic E-state index is 0.0850. The molecule has 1 saturated carbocycles. The molecule has 0 radical (unpaired) electrons. The van der Waals surface area contributed by atoms with Crippen LogP contribution in [0, 0.1) is 11.8 Å². The highest BCUT2D eigenvalue weighted by Gasteiger charge is 2.47. The molecular formula is C26H27F5N4O4. The van der Waals surface area contributed by atoms with E-state index in [0.717, 1.165) is 0 Å². The summed E-state index contributed by atoms with van der Waals surface area (Å²) in [5.41, 5.74) is 2.02. The van der Waals surface area contributed by atoms with Gasteiger partial charge in [0.25, 0.3) is 5.91 Å². The molecule has 39 heavy (non-hydrogen) atoms. The Bertz CT molecular complexity index is 1360. The zero-order valence-electron chi connectivity index (χ0n) is 21.0. The molecule has 1 aliphatic carbocycles. The van der Waals surface area contributed by atoms with Gasteiger partial charge in [-0.05, 0) is 55.7 Å². The van der Waals surface area contributed by atoms with Gasteiger partial charge in [-0.1, -0.05) is 18.1 Å². The predicted octanol–water partition coefficient (Wildman–Crippen LogP) is 5.28. The van der Waals surface area contributed by atoms with Crippen LogP contribution < -0.4 is 10.6 Å². The number of aromatic nitrogens is 2. The number of benzene rings is 1. The first-order valence-electron chi connectivity index (χ1n) is 12.8. The third kappa shape index (κ3) is 5.76. The highest BCUT2D eigenvalue weighted by atomic mass is 19.4. The van der Waals surface area contributed by atoms with Crippen molar-refractivity contribution in [1.29, 1.82) is 0 Å². The number of alkyl halides is 5. The highest BCUT2D eigenvalue weighted by molar-refractivity contribution is 5.95. The monoisotopic (exact) mass is 554 g/mol. The fourth-order valence-corrected chi connectivity index (χ4v) is 5.36. The van der Waals surface area contributed by atoms with E-state index in [1.54, 1.807) is 18.2 Å². The van der Waals surface area contributed by atoms with E-state index in [4.69, 9.17) is 8.94 Å². The zero-order valence-corrected chi connectivity index (χ0v) is 21.0. The Hall–Kier alpha value is -3.51. The maximum absolute atomic E-state index is 13.9. The molecule has 8 nitrogen and oxygen atoms in total. The number of fused-ring (bicyclic) bond motifs is 1. The Kier molecular flexibility index (Phi) is 7.10. The van der Waals surface area contributed by atoms with Crippen LogP contribution in [0.1, 0.15) is 72.6 Å². The van der Waals surface area contributed by atoms with Crippen molar-refractivity contribution in [2.24, 2.45) is 11.8 Å². The van der Waals surface area contributed by atoms with Gasteiger partial charge in [-0.15, -0.1) is 0 Å². The number of amides is 2. The fraction of sp³-hybridized carbons (Fsp3) is 0.538. The summed E-state index contributed by atoms with van der Waals surface area (Å²) in [6.45, 7) is 1.81. The normalized spacial score (nSPS) is 22.7. The van der Waals surface area contributed by atoms with Crippen LogP contribution in [-0.2, 0) is 17.6 Å². The quantitative estimate of drug-likeness (QED) is 0.385. The van der Waals surface area contributed by atoms with Crippen molar-refractivity contribution < 1.29 is 40.5 Å². The van der Waals surface area contributed by atoms with Crippen molar-refractivity contribution in [1.82, 2.24) is 20.8 Å². The lowest BCUT2D eigenvalue weighted by molar-refractivity contribution is -0.154. The van der Waals surface area contributed by atoms with Crippen molar-refractivity contribution in [2.75, 3.05) is 0 Å². The Balaban J connectivity index is 1.39. The number of hydrogen-bond acceptors (Lipinski definition) is 6. The van der Waals surface area contributed by atoms with Crippen LogP contribution in [0.3, 0.4) is 0 Å². The van der Waals surface area contributed by atoms with Gasteiger partial charge >= 0.3 is 6.18 Å². The molecule has 0 unspecified atom stereocenters. The number of hydrogen-bond donors (Lipinski definition) is 2. The van der Waals surface area contributed by atoms with E-state index < -0.39 is 41.9 Å². The average Bonchev–Trinajstić information content (AvgIpc) is 3.60. The molecule has 1 saturated heterocycles. The van der Waals surface area contributed by atoms with E-state index >= 15 is 0 Å². The SMILES string of the molecule is CCc1nocc1C(=O)N[C@H](c1nc2cc(C[C@H]3C[C@@H](C(F)(F)F)NC3=O)ccc2o1)C1CCC(F)(F)CC1. The first kappa shape index (κ1) is 27.1. The summed E-state index contributed by atoms with van der Waals surface area (Å²) in [5, 5.41) is 8.68. The fourth-order valence-electron chi connectivity index (χ4n) is 5.36. The largest absolute Gasteiger partial charge is 0.438 e. The van der Waals surface area contributed by atoms with Crippen LogP contribution in [0.5, 0.6) is 0 Å². The molecule has 5 rings (SSSR count). The molecule has 0 bridgehead atoms. The lowest BCUT2D eigenvalue weighted by Crippen LogP contribution is -2.38. The molecule has 3 atom stereocenters. The van der Waals surface area contributed by atoms with Gasteiger partial charge in [0.1, 0.15) is 29.4 Å². The van der Waals surface area contributed by atoms with Gasteiger partial charge in [0, 0.05) is 18.8 Å². The van der Waals surface area contributed by atoms with E-state index in [9.17, 15) is 31.5 Å². The summed E-state index contributed by atoms with van der Waals surface area (Å²) in [7, 11) is 0. The molecule has 13 heteroatoms. The number of carbonyl (C=O) groups is 2. The third-order valence-electron chi connectivity index (χ3n) is 7.56. The topological polar surface area (TPSA) is 110 Å². The first-order chi connectivity index (χ1) is 18.4. The number of oxazole rings is 1. The molecular weight excluding hydrogens is 527 g/mol. The molecule has 1 aliphatic heterocycles. The van der Waals surface area contributed by atoms with Crippen LogP contribution in [-0.4, -0.2) is 40.1 Å². The Morgan fingerprint density at radius 2 is 2.00 bits per heavy atom. The van der Waals surface area contributed by atoms with Crippen molar-refractivity contribution >= 4 is 22.9 Å². The maximum atomic E-state index is 13.9. The van der Waals surface area contributed by atoms with Gasteiger partial charge in [0.2, 0.25) is 17.7 Å². The first-order valence-corrected chi connectivity index (χ1v) is 12.8. The average molecular weight is 555 g/mol. The third-order valence-corrected chi connectivity index (χ3v) is 7.56. The van der Waals surface area contributed by atoms with Crippen LogP contribution in [0.4, 0.5) is 22.0 Å². The Morgan fingerprint density at radius 1 is 1.26 bits per heavy atom. The van der Waals surface area contributed by atoms with Gasteiger partial charge in [-0.3, -0.25) is 9.59 Å². The summed E-state index contributed by atoms with van der Waals surface area (Å²) >= 11 is 0. The van der Waals surface area contributed by atoms with E-state index in [2.05, 4.69) is 15.5 Å². The number of rotatable bonds is 7. The van der Waals surface area contributed by atoms with E-state index in [1.807, 2.05) is 12.2 Å². The van der Waals surface area contributed by atoms with E-state index in [1.165, 1.54) is 6.26 Å². The maximum Gasteiger partial charge on any atom is 0.408 e. The summed E-state index contributed by atoms with van der Waals surface area (Å²) in [6.07, 6.45) is -3.48. The Labute approximate surface area is 219 Å². The lowest BCUT2D eigenvalue weighted by Gasteiger charge is -2.32. The second-order valence-electron chi connectivity index (χ2n) is 10.3. The van der Waals surface area contributed by atoms with Gasteiger partial charge < -0.3 is 19.6 Å². The van der Waals surface area contributed by atoms with Crippen LogP contribution in [0.25, 0.3) is 11.1 Å². The van der Waals surface area contributed by atoms with Crippen molar-refractivity contribution in [2.45, 2.75) is 76.1 Å². The summed E-state index contributed by atoms with van der Waals surface area (Å²) in [5.74, 6) is -5.00. The predicted molar refractivity (Wildman–Crippen MR) is 127 cm³/mol. The molecule has 2 aliphatic rings. The van der Waals surface area contributed by atoms with E-state index in [-0.39, 0.29) is 55.9 Å². The smallest absolute Gasteiger partial charge is 0.408 e. The molecule has 210 valence electrons. The standard InChI is InChI=1S/C26H27F5N4O4/c1-2-17-16(12-38-35-17)23(37)34-21(14-5-7-25(27,28)8-6-14)24-32-18-10-13(3-4-19(18)39-24)9-15-11-20(26(29,30)31)33-22(15)36/h3-4,10,12,14-15,20-21H,2,5-9,11H2,1H3,(H,33,36)(H,34,37)/t15-,20-,21-/m0/s1. The van der Waals surface area contributed by atoms with Gasteiger partial charge in [-0.2, -0.15) is 13.2 Å². The molecule has 2 aromatic heterocycles. The lowest BCUT2D eigenvalue weighted by atomic mass is 9.82. The second kappa shape index (κ2) is 10.2. The van der Waals surface area contributed by atoms with Crippen LogP contribution >= 0.6 is 0 Å². The minimum atomic E-state index is -4.51. The highest BCUT2D eigenvalue weighted by Crippen LogP contribution is 2.42. The summed E-state index contributed by atoms with van der Waals surface area (Å²) < 4.78 is 77.7. The van der Waals surface area contributed by atoms with Crippen LogP contribution in [0.15, 0.2) is 33.4 Å². The molecule has 0 spiro atoms. The van der Waals surface area contributed by atoms with Gasteiger partial charge in [0.05, 0.1) is 5.69 Å². The second-order valence-corrected chi connectivity index (χ2v) is 10.3. The van der Waals surface area contributed by atoms with Crippen LogP contribution in [0.2, 0.25) is 0 Å². The summed E-state index contributed by atoms with van der Waals surface area (Å²) in [6, 6.07) is 2.18. The van der Waals surface area contributed by atoms with Crippen molar-refractivity contribution in [3.63, 3.8) is 0 Å². The molecule has 3 aromatic rings.